The van der Waals surface area contributed by atoms with Gasteiger partial charge >= 0.3 is 0 Å². The number of quaternary nitrogens is 1. The topological polar surface area (TPSA) is 93.8 Å². The molecule has 2 aliphatic heterocycles. The summed E-state index contributed by atoms with van der Waals surface area (Å²) in [6, 6.07) is 46.9. The van der Waals surface area contributed by atoms with Crippen LogP contribution < -0.4 is 10.6 Å². The number of nitrogens with one attached hydrogen (secondary N) is 1. The number of hydrogen-bond acceptors (Lipinski definition) is 5. The molecule has 0 saturated heterocycles. The van der Waals surface area contributed by atoms with Crippen LogP contribution in [0.1, 0.15) is 23.0 Å². The van der Waals surface area contributed by atoms with Gasteiger partial charge in [-0.3, -0.25) is 9.98 Å². The van der Waals surface area contributed by atoms with Crippen molar-refractivity contribution in [1.29, 1.82) is 0 Å². The summed E-state index contributed by atoms with van der Waals surface area (Å²) in [4.78, 5) is 19.9. The largest absolute Gasteiger partial charge is 0.585 e. The summed E-state index contributed by atoms with van der Waals surface area (Å²) in [6.45, 7) is 0.665. The quantitative estimate of drug-likeness (QED) is 0.173. The number of allylic oxidation sites excluding steroid dienone is 4. The van der Waals surface area contributed by atoms with Gasteiger partial charge in [0.25, 0.3) is 0 Å². The number of nitrogens with zero attached hydrogens (tertiary/aromatic N) is 5. The second-order valence-corrected chi connectivity index (χ2v) is 14.4. The lowest BCUT2D eigenvalue weighted by molar-refractivity contribution is -0.525. The zero-order valence-corrected chi connectivity index (χ0v) is 30.3. The fourth-order valence-corrected chi connectivity index (χ4v) is 8.13. The molecular formula is C49H35N7. The number of benzene rings is 5. The van der Waals surface area contributed by atoms with E-state index in [0.717, 1.165) is 77.6 Å². The number of aliphatic imine (C=N–C) groups is 1. The fraction of sp³-hybridized carbons (Fsp3) is 0.0612. The van der Waals surface area contributed by atoms with Crippen molar-refractivity contribution < 1.29 is 5.32 Å². The predicted octanol–water partition coefficient (Wildman–Crippen LogP) is 9.65. The predicted molar refractivity (Wildman–Crippen MR) is 229 cm³/mol. The number of rotatable bonds is 5. The number of aromatic nitrogens is 3. The van der Waals surface area contributed by atoms with Gasteiger partial charge in [0.2, 0.25) is 0 Å². The number of nitrogens with two attached hydrogens (primary N) is 1. The maximum Gasteiger partial charge on any atom is 0.179 e. The Morgan fingerprint density at radius 3 is 2.14 bits per heavy atom. The highest BCUT2D eigenvalue weighted by Gasteiger charge is 2.22. The zero-order chi connectivity index (χ0) is 37.0. The van der Waals surface area contributed by atoms with Crippen LogP contribution in [-0.4, -0.2) is 34.0 Å². The molecule has 11 rings (SSSR count). The number of pyridine rings is 3. The van der Waals surface area contributed by atoms with Gasteiger partial charge in [-0.1, -0.05) is 133 Å². The molecule has 3 N–H and O–H groups in total. The second-order valence-electron chi connectivity index (χ2n) is 14.4. The minimum absolute atomic E-state index is 0.0266. The fourth-order valence-electron chi connectivity index (χ4n) is 8.13. The van der Waals surface area contributed by atoms with Crippen LogP contribution >= 0.6 is 0 Å². The van der Waals surface area contributed by atoms with Gasteiger partial charge in [0.1, 0.15) is 0 Å². The van der Waals surface area contributed by atoms with Gasteiger partial charge in [-0.25, -0.2) is 9.97 Å². The van der Waals surface area contributed by atoms with E-state index in [9.17, 15) is 0 Å². The average Bonchev–Trinajstić information content (AvgIpc) is 3.28. The SMILES string of the molecule is C1=CC2=CC=C(c3ccc4ccc(C5N=C[NH2+]C[N-]5)nc4c3)NC2C=C1c1ccc(-c2ccc3ccc4ccc(-c5ccccc5)nc4c3n2)c2ccccc12. The average molecular weight is 722 g/mol. The Bertz CT molecular complexity index is 3050. The monoisotopic (exact) mass is 721 g/mol. The highest BCUT2D eigenvalue weighted by molar-refractivity contribution is 6.07. The minimum Gasteiger partial charge on any atom is -0.585 e. The van der Waals surface area contributed by atoms with Crippen molar-refractivity contribution in [2.75, 3.05) is 6.67 Å². The van der Waals surface area contributed by atoms with Crippen LogP contribution in [0.4, 0.5) is 0 Å². The lowest BCUT2D eigenvalue weighted by Gasteiger charge is -2.28. The molecule has 3 aromatic heterocycles. The standard InChI is InChI=1S/C49H34N7/c1-2-6-30(7-3-1)41-23-18-33-12-13-34-19-24-43(56-48(34)47(33)55-41)40-21-20-37(38-8-4-5-9-39(38)40)35-14-10-31-16-22-42(53-45(31)26-35)36-15-11-32-17-25-44(54-46(32)27-36)49-51-28-50-29-52-49/h1-28,45,49,53H,29H2,(H,50,51)/q-1/p+1. The van der Waals surface area contributed by atoms with Crippen molar-refractivity contribution in [2.45, 2.75) is 12.2 Å². The highest BCUT2D eigenvalue weighted by atomic mass is 15.2. The Balaban J connectivity index is 0.927. The van der Waals surface area contributed by atoms with Gasteiger partial charge in [0.15, 0.2) is 6.34 Å². The molecule has 0 spiro atoms. The smallest absolute Gasteiger partial charge is 0.179 e. The molecule has 266 valence electrons. The van der Waals surface area contributed by atoms with Crippen LogP contribution in [0, 0.1) is 0 Å². The summed E-state index contributed by atoms with van der Waals surface area (Å²) >= 11 is 0. The molecule has 0 fully saturated rings. The summed E-state index contributed by atoms with van der Waals surface area (Å²) in [7, 11) is 0. The molecule has 0 bridgehead atoms. The molecule has 1 aliphatic carbocycles. The first-order valence-electron chi connectivity index (χ1n) is 19.0. The Morgan fingerprint density at radius 1 is 0.607 bits per heavy atom. The summed E-state index contributed by atoms with van der Waals surface area (Å²) in [6.07, 6.45) is 12.8. The van der Waals surface area contributed by atoms with Crippen molar-refractivity contribution in [3.63, 3.8) is 0 Å². The van der Waals surface area contributed by atoms with E-state index < -0.39 is 0 Å². The van der Waals surface area contributed by atoms with Crippen molar-refractivity contribution >= 4 is 61.1 Å². The summed E-state index contributed by atoms with van der Waals surface area (Å²) < 4.78 is 0. The Morgan fingerprint density at radius 2 is 1.32 bits per heavy atom. The van der Waals surface area contributed by atoms with E-state index in [1.807, 2.05) is 35.9 Å². The number of hydrogen-bond donors (Lipinski definition) is 2. The molecule has 0 amide bonds. The van der Waals surface area contributed by atoms with E-state index in [4.69, 9.17) is 15.0 Å². The lowest BCUT2D eigenvalue weighted by Crippen LogP contribution is -2.83. The third kappa shape index (κ3) is 5.69. The Labute approximate surface area is 323 Å². The van der Waals surface area contributed by atoms with E-state index in [2.05, 4.69) is 155 Å². The van der Waals surface area contributed by atoms with Crippen molar-refractivity contribution in [3.8, 4) is 22.5 Å². The van der Waals surface area contributed by atoms with Gasteiger partial charge in [-0.2, -0.15) is 0 Å². The Hall–Kier alpha value is -7.06. The second kappa shape index (κ2) is 13.4. The summed E-state index contributed by atoms with van der Waals surface area (Å²) in [5.41, 5.74) is 13.4. The first-order valence-corrected chi connectivity index (χ1v) is 19.0. The Kier molecular flexibility index (Phi) is 7.72. The molecule has 0 saturated carbocycles. The highest BCUT2D eigenvalue weighted by Crippen LogP contribution is 2.38. The van der Waals surface area contributed by atoms with Crippen LogP contribution in [0.5, 0.6) is 0 Å². The normalized spacial score (nSPS) is 17.8. The molecule has 7 heteroatoms. The summed E-state index contributed by atoms with van der Waals surface area (Å²) in [5, 5.41) is 16.0. The van der Waals surface area contributed by atoms with Crippen LogP contribution in [0.25, 0.3) is 82.6 Å². The first-order chi connectivity index (χ1) is 27.7. The summed E-state index contributed by atoms with van der Waals surface area (Å²) in [5.74, 6) is 0. The van der Waals surface area contributed by atoms with Crippen LogP contribution in [0.3, 0.4) is 0 Å². The van der Waals surface area contributed by atoms with Crippen molar-refractivity contribution in [1.82, 2.24) is 20.3 Å². The van der Waals surface area contributed by atoms with E-state index >= 15 is 0 Å². The lowest BCUT2D eigenvalue weighted by atomic mass is 9.87. The van der Waals surface area contributed by atoms with E-state index in [1.54, 1.807) is 0 Å². The number of fused-ring (bicyclic) bond motifs is 6. The van der Waals surface area contributed by atoms with Crippen LogP contribution in [0.2, 0.25) is 0 Å². The first kappa shape index (κ1) is 32.4. The van der Waals surface area contributed by atoms with Gasteiger partial charge in [0.05, 0.1) is 34.0 Å². The van der Waals surface area contributed by atoms with Gasteiger partial charge < -0.3 is 16.0 Å². The zero-order valence-electron chi connectivity index (χ0n) is 30.3. The van der Waals surface area contributed by atoms with Gasteiger partial charge in [0, 0.05) is 44.8 Å². The molecule has 0 radical (unpaired) electrons. The molecule has 2 atom stereocenters. The molecule has 5 heterocycles. The van der Waals surface area contributed by atoms with Crippen LogP contribution in [-0.2, 0) is 0 Å². The maximum atomic E-state index is 5.31. The maximum absolute atomic E-state index is 5.31. The van der Waals surface area contributed by atoms with Gasteiger partial charge in [-0.05, 0) is 70.1 Å². The van der Waals surface area contributed by atoms with Crippen molar-refractivity contribution in [3.05, 3.63) is 192 Å². The van der Waals surface area contributed by atoms with E-state index in [0.29, 0.717) is 6.67 Å². The molecule has 3 aliphatic rings. The molecule has 7 nitrogen and oxygen atoms in total. The van der Waals surface area contributed by atoms with E-state index in [1.165, 1.54) is 22.1 Å². The third-order valence-electron chi connectivity index (χ3n) is 11.0. The molecule has 56 heavy (non-hydrogen) atoms. The third-order valence-corrected chi connectivity index (χ3v) is 11.0. The van der Waals surface area contributed by atoms with E-state index in [-0.39, 0.29) is 12.2 Å². The molecular weight excluding hydrogens is 687 g/mol. The molecule has 2 unspecified atom stereocenters. The molecule has 5 aromatic carbocycles. The van der Waals surface area contributed by atoms with Crippen LogP contribution in [0.15, 0.2) is 174 Å². The molecule has 8 aromatic rings. The van der Waals surface area contributed by atoms with Crippen molar-refractivity contribution in [2.24, 2.45) is 4.99 Å². The van der Waals surface area contributed by atoms with Gasteiger partial charge in [-0.15, -0.1) is 0 Å². The number of dihydropyridines is 1. The minimum atomic E-state index is -0.247.